The molecule has 0 fully saturated rings. The van der Waals surface area contributed by atoms with Crippen molar-refractivity contribution in [3.63, 3.8) is 0 Å². The summed E-state index contributed by atoms with van der Waals surface area (Å²) in [6.45, 7) is 0.569. The summed E-state index contributed by atoms with van der Waals surface area (Å²) in [6.07, 6.45) is 1.53. The van der Waals surface area contributed by atoms with Gasteiger partial charge in [-0.3, -0.25) is 0 Å². The van der Waals surface area contributed by atoms with Gasteiger partial charge in [0.05, 0.1) is 11.6 Å². The molecule has 88 valence electrons. The van der Waals surface area contributed by atoms with E-state index in [1.807, 2.05) is 6.07 Å². The molecule has 0 aliphatic heterocycles. The van der Waals surface area contributed by atoms with Gasteiger partial charge in [-0.15, -0.1) is 0 Å². The van der Waals surface area contributed by atoms with Crippen LogP contribution < -0.4 is 11.1 Å². The molecule has 4 nitrogen and oxygen atoms in total. The second-order valence-corrected chi connectivity index (χ2v) is 4.25. The van der Waals surface area contributed by atoms with E-state index in [0.717, 1.165) is 11.4 Å². The zero-order valence-corrected chi connectivity index (χ0v) is 10.4. The van der Waals surface area contributed by atoms with Crippen LogP contribution in [0.15, 0.2) is 35.1 Å². The second-order valence-electron chi connectivity index (χ2n) is 3.40. The Morgan fingerprint density at radius 3 is 2.88 bits per heavy atom. The highest BCUT2D eigenvalue weighted by Crippen LogP contribution is 2.21. The minimum absolute atomic E-state index is 0.290. The molecule has 0 aliphatic rings. The van der Waals surface area contributed by atoms with Crippen molar-refractivity contribution in [2.45, 2.75) is 6.54 Å². The lowest BCUT2D eigenvalue weighted by Crippen LogP contribution is -2.10. The van der Waals surface area contributed by atoms with E-state index in [0.29, 0.717) is 17.1 Å². The first-order valence-corrected chi connectivity index (χ1v) is 5.68. The molecular formula is C11H10ClN3OS. The molecule has 0 spiro atoms. The molecule has 1 aromatic carbocycles. The molecule has 2 aromatic rings. The summed E-state index contributed by atoms with van der Waals surface area (Å²) in [5, 5.41) is 7.48. The minimum Gasteiger partial charge on any atom is -0.389 e. The monoisotopic (exact) mass is 267 g/mol. The smallest absolute Gasteiger partial charge is 0.124 e. The summed E-state index contributed by atoms with van der Waals surface area (Å²) in [7, 11) is 0. The molecular weight excluding hydrogens is 258 g/mol. The molecule has 0 saturated carbocycles. The van der Waals surface area contributed by atoms with Crippen LogP contribution in [0.5, 0.6) is 0 Å². The van der Waals surface area contributed by atoms with Crippen molar-refractivity contribution in [1.82, 2.24) is 5.16 Å². The van der Waals surface area contributed by atoms with Crippen molar-refractivity contribution >= 4 is 34.5 Å². The third-order valence-electron chi connectivity index (χ3n) is 2.20. The number of nitrogens with two attached hydrogens (primary N) is 1. The Morgan fingerprint density at radius 1 is 1.47 bits per heavy atom. The van der Waals surface area contributed by atoms with Crippen molar-refractivity contribution < 1.29 is 4.52 Å². The molecule has 0 atom stereocenters. The number of aromatic nitrogens is 1. The molecule has 0 aliphatic carbocycles. The van der Waals surface area contributed by atoms with Gasteiger partial charge in [-0.25, -0.2) is 0 Å². The number of anilines is 1. The van der Waals surface area contributed by atoms with Crippen LogP contribution in [0.2, 0.25) is 5.02 Å². The average molecular weight is 268 g/mol. The number of hydrogen-bond donors (Lipinski definition) is 2. The van der Waals surface area contributed by atoms with E-state index in [1.54, 1.807) is 18.2 Å². The predicted octanol–water partition coefficient (Wildman–Crippen LogP) is 2.57. The van der Waals surface area contributed by atoms with Gasteiger partial charge in [0.15, 0.2) is 0 Å². The Bertz CT molecular complexity index is 528. The van der Waals surface area contributed by atoms with E-state index in [-0.39, 0.29) is 4.99 Å². The number of hydrogen-bond acceptors (Lipinski definition) is 4. The fourth-order valence-electron chi connectivity index (χ4n) is 1.35. The molecule has 0 unspecified atom stereocenters. The molecule has 17 heavy (non-hydrogen) atoms. The van der Waals surface area contributed by atoms with E-state index in [1.165, 1.54) is 6.26 Å². The van der Waals surface area contributed by atoms with E-state index >= 15 is 0 Å². The van der Waals surface area contributed by atoms with Crippen molar-refractivity contribution in [2.75, 3.05) is 5.32 Å². The summed E-state index contributed by atoms with van der Waals surface area (Å²) < 4.78 is 4.73. The lowest BCUT2D eigenvalue weighted by atomic mass is 10.2. The molecule has 0 saturated heterocycles. The maximum Gasteiger partial charge on any atom is 0.124 e. The van der Waals surface area contributed by atoms with Gasteiger partial charge in [-0.1, -0.05) is 29.0 Å². The fraction of sp³-hybridized carbons (Fsp3) is 0.0909. The molecule has 0 radical (unpaired) electrons. The highest BCUT2D eigenvalue weighted by Gasteiger charge is 2.04. The molecule has 1 heterocycles. The average Bonchev–Trinajstić information content (AvgIpc) is 2.78. The zero-order valence-electron chi connectivity index (χ0n) is 8.81. The van der Waals surface area contributed by atoms with E-state index in [9.17, 15) is 0 Å². The summed E-state index contributed by atoms with van der Waals surface area (Å²) in [5.74, 6) is 0. The van der Waals surface area contributed by atoms with Crippen molar-refractivity contribution in [2.24, 2.45) is 5.73 Å². The standard InChI is InChI=1S/C11H10ClN3OS/c12-10-5-7(1-2-9(10)11(13)17)14-6-8-3-4-16-15-8/h1-5,14H,6H2,(H2,13,17). The number of nitrogens with zero attached hydrogens (tertiary/aromatic N) is 1. The highest BCUT2D eigenvalue weighted by molar-refractivity contribution is 7.80. The fourth-order valence-corrected chi connectivity index (χ4v) is 1.86. The molecule has 3 N–H and O–H groups in total. The van der Waals surface area contributed by atoms with Crippen molar-refractivity contribution in [3.8, 4) is 0 Å². The van der Waals surface area contributed by atoms with Gasteiger partial charge in [0.25, 0.3) is 0 Å². The summed E-state index contributed by atoms with van der Waals surface area (Å²) in [4.78, 5) is 0.290. The third-order valence-corrected chi connectivity index (χ3v) is 2.73. The van der Waals surface area contributed by atoms with Gasteiger partial charge in [-0.2, -0.15) is 0 Å². The number of halogens is 1. The second kappa shape index (κ2) is 5.16. The van der Waals surface area contributed by atoms with Crippen LogP contribution >= 0.6 is 23.8 Å². The van der Waals surface area contributed by atoms with Crippen LogP contribution in [0.25, 0.3) is 0 Å². The van der Waals surface area contributed by atoms with Crippen LogP contribution in [0, 0.1) is 0 Å². The maximum absolute atomic E-state index is 6.04. The van der Waals surface area contributed by atoms with Crippen LogP contribution in [-0.4, -0.2) is 10.1 Å². The number of benzene rings is 1. The molecule has 0 bridgehead atoms. The molecule has 1 aromatic heterocycles. The van der Waals surface area contributed by atoms with Gasteiger partial charge >= 0.3 is 0 Å². The maximum atomic E-state index is 6.04. The molecule has 6 heteroatoms. The summed E-state index contributed by atoms with van der Waals surface area (Å²) in [6, 6.07) is 7.21. The normalized spacial score (nSPS) is 10.2. The van der Waals surface area contributed by atoms with E-state index < -0.39 is 0 Å². The largest absolute Gasteiger partial charge is 0.389 e. The first-order valence-electron chi connectivity index (χ1n) is 4.89. The highest BCUT2D eigenvalue weighted by atomic mass is 35.5. The predicted molar refractivity (Wildman–Crippen MR) is 71.2 cm³/mol. The van der Waals surface area contributed by atoms with Crippen molar-refractivity contribution in [1.29, 1.82) is 0 Å². The van der Waals surface area contributed by atoms with Gasteiger partial charge in [-0.05, 0) is 18.2 Å². The number of rotatable bonds is 4. The van der Waals surface area contributed by atoms with Crippen molar-refractivity contribution in [3.05, 3.63) is 46.8 Å². The number of nitrogens with one attached hydrogen (secondary N) is 1. The van der Waals surface area contributed by atoms with Crippen LogP contribution in [0.3, 0.4) is 0 Å². The van der Waals surface area contributed by atoms with Crippen LogP contribution in [0.1, 0.15) is 11.3 Å². The summed E-state index contributed by atoms with van der Waals surface area (Å²) in [5.41, 5.74) is 7.89. The quantitative estimate of drug-likeness (QED) is 0.834. The minimum atomic E-state index is 0.290. The lowest BCUT2D eigenvalue weighted by Gasteiger charge is -2.07. The third kappa shape index (κ3) is 2.95. The van der Waals surface area contributed by atoms with Crippen LogP contribution in [-0.2, 0) is 6.54 Å². The summed E-state index contributed by atoms with van der Waals surface area (Å²) >= 11 is 10.9. The van der Waals surface area contributed by atoms with Gasteiger partial charge in [0, 0.05) is 17.3 Å². The Balaban J connectivity index is 2.07. The number of thiocarbonyl (C=S) groups is 1. The van der Waals surface area contributed by atoms with Gasteiger partial charge in [0.1, 0.15) is 16.9 Å². The molecule has 0 amide bonds. The Morgan fingerprint density at radius 2 is 2.29 bits per heavy atom. The first-order chi connectivity index (χ1) is 8.16. The molecule has 2 rings (SSSR count). The lowest BCUT2D eigenvalue weighted by molar-refractivity contribution is 0.412. The topological polar surface area (TPSA) is 64.1 Å². The zero-order chi connectivity index (χ0) is 12.3. The van der Waals surface area contributed by atoms with Crippen LogP contribution in [0.4, 0.5) is 5.69 Å². The van der Waals surface area contributed by atoms with E-state index in [4.69, 9.17) is 34.1 Å². The Hall–Kier alpha value is -1.59. The SMILES string of the molecule is NC(=S)c1ccc(NCc2ccon2)cc1Cl. The van der Waals surface area contributed by atoms with Gasteiger partial charge in [0.2, 0.25) is 0 Å². The van der Waals surface area contributed by atoms with Gasteiger partial charge < -0.3 is 15.6 Å². The Labute approximate surface area is 109 Å². The first kappa shape index (κ1) is 11.9. The van der Waals surface area contributed by atoms with E-state index in [2.05, 4.69) is 10.5 Å². The Kier molecular flexibility index (Phi) is 3.61.